The van der Waals surface area contributed by atoms with Crippen molar-refractivity contribution in [3.8, 4) is 0 Å². The lowest BCUT2D eigenvalue weighted by atomic mass is 9.93. The van der Waals surface area contributed by atoms with Crippen molar-refractivity contribution in [3.05, 3.63) is 52.9 Å². The average Bonchev–Trinajstić information content (AvgIpc) is 3.29. The molecule has 1 aromatic heterocycles. The molecule has 4 N–H and O–H groups in total. The van der Waals surface area contributed by atoms with Crippen molar-refractivity contribution in [2.75, 3.05) is 6.54 Å². The van der Waals surface area contributed by atoms with Crippen molar-refractivity contribution < 1.29 is 51.5 Å². The zero-order chi connectivity index (χ0) is 25.8. The van der Waals surface area contributed by atoms with E-state index >= 15 is 0 Å². The van der Waals surface area contributed by atoms with Crippen molar-refractivity contribution in [1.29, 1.82) is 0 Å². The van der Waals surface area contributed by atoms with E-state index in [2.05, 4.69) is 25.7 Å². The van der Waals surface area contributed by atoms with Crippen molar-refractivity contribution in [2.24, 2.45) is 5.73 Å². The molecular weight excluding hydrogens is 481 g/mol. The molecule has 3 atom stereocenters. The highest BCUT2D eigenvalue weighted by Gasteiger charge is 2.43. The molecule has 15 heteroatoms. The second-order valence-corrected chi connectivity index (χ2v) is 7.40. The van der Waals surface area contributed by atoms with Crippen LogP contribution < -0.4 is 16.5 Å². The maximum absolute atomic E-state index is 12.3. The first kappa shape index (κ1) is 25.6. The van der Waals surface area contributed by atoms with Gasteiger partial charge in [-0.3, -0.25) is 4.79 Å². The van der Waals surface area contributed by atoms with Gasteiger partial charge in [0.25, 0.3) is 0 Å². The lowest BCUT2D eigenvalue weighted by Gasteiger charge is -2.24. The third-order valence-electron chi connectivity index (χ3n) is 4.90. The number of rotatable bonds is 5. The van der Waals surface area contributed by atoms with Gasteiger partial charge in [-0.25, -0.2) is 24.2 Å². The van der Waals surface area contributed by atoms with E-state index in [0.717, 1.165) is 5.56 Å². The van der Waals surface area contributed by atoms with Crippen molar-refractivity contribution in [1.82, 2.24) is 16.0 Å². The van der Waals surface area contributed by atoms with E-state index in [1.807, 2.05) is 0 Å². The Morgan fingerprint density at radius 2 is 2.00 bits per heavy atom. The molecule has 1 aliphatic rings. The first-order valence-electron chi connectivity index (χ1n) is 9.99. The molecule has 0 radical (unpaired) electrons. The van der Waals surface area contributed by atoms with Gasteiger partial charge in [0, 0.05) is 6.07 Å². The zero-order valence-corrected chi connectivity index (χ0v) is 18.0. The summed E-state index contributed by atoms with van der Waals surface area (Å²) in [6.45, 7) is 0.539. The Hall–Kier alpha value is -3.98. The Balaban J connectivity index is 1.64. The van der Waals surface area contributed by atoms with Gasteiger partial charge in [0.15, 0.2) is 5.76 Å². The molecule has 12 nitrogen and oxygen atoms in total. The number of alkyl halides is 3. The minimum atomic E-state index is -5.35. The standard InChI is InChI=1S/C20H19F3N4O8/c1-9(17(29)25-8-15(28)34-35-19(31)20(21,22)23)13-7-14(32-26-13)16-11-5-3-2-4-10(11)6-12(24)18(30)33-27-16/h2-5,7,9,12,16,27H,6,8,24H2,1H3,(H,25,29). The zero-order valence-electron chi connectivity index (χ0n) is 18.0. The summed E-state index contributed by atoms with van der Waals surface area (Å²) in [6, 6.07) is 6.90. The fourth-order valence-corrected chi connectivity index (χ4v) is 3.04. The monoisotopic (exact) mass is 500 g/mol. The van der Waals surface area contributed by atoms with E-state index in [0.29, 0.717) is 5.56 Å². The smallest absolute Gasteiger partial charge is 0.368 e. The fourth-order valence-electron chi connectivity index (χ4n) is 3.04. The number of hydroxylamine groups is 1. The van der Waals surface area contributed by atoms with Crippen LogP contribution in [0, 0.1) is 0 Å². The van der Waals surface area contributed by atoms with Gasteiger partial charge in [0.2, 0.25) is 5.91 Å². The predicted octanol–water partition coefficient (Wildman–Crippen LogP) is 0.479. The molecule has 1 aromatic carbocycles. The second-order valence-electron chi connectivity index (χ2n) is 7.40. The van der Waals surface area contributed by atoms with Gasteiger partial charge in [-0.05, 0) is 24.5 Å². The summed E-state index contributed by atoms with van der Waals surface area (Å²) in [7, 11) is 0. The number of hydrogen-bond acceptors (Lipinski definition) is 11. The minimum absolute atomic E-state index is 0.138. The molecule has 0 bridgehead atoms. The lowest BCUT2D eigenvalue weighted by Crippen LogP contribution is -2.41. The summed E-state index contributed by atoms with van der Waals surface area (Å²) in [5, 5.41) is 5.95. The molecule has 3 rings (SSSR count). The minimum Gasteiger partial charge on any atom is -0.368 e. The van der Waals surface area contributed by atoms with Gasteiger partial charge >= 0.3 is 24.1 Å². The molecule has 0 fully saturated rings. The summed E-state index contributed by atoms with van der Waals surface area (Å²) >= 11 is 0. The number of carbonyl (C=O) groups excluding carboxylic acids is 4. The van der Waals surface area contributed by atoms with Gasteiger partial charge < -0.3 is 20.4 Å². The first-order valence-corrected chi connectivity index (χ1v) is 9.99. The number of benzene rings is 1. The van der Waals surface area contributed by atoms with Crippen molar-refractivity contribution in [3.63, 3.8) is 0 Å². The Morgan fingerprint density at radius 3 is 2.71 bits per heavy atom. The van der Waals surface area contributed by atoms with E-state index in [1.54, 1.807) is 24.3 Å². The van der Waals surface area contributed by atoms with E-state index in [4.69, 9.17) is 15.1 Å². The number of fused-ring (bicyclic) bond motifs is 1. The van der Waals surface area contributed by atoms with Crippen LogP contribution in [-0.2, 0) is 40.2 Å². The van der Waals surface area contributed by atoms with Crippen LogP contribution in [-0.4, -0.2) is 47.7 Å². The van der Waals surface area contributed by atoms with Crippen LogP contribution in [0.15, 0.2) is 34.9 Å². The second kappa shape index (κ2) is 10.5. The highest BCUT2D eigenvalue weighted by Crippen LogP contribution is 2.29. The summed E-state index contributed by atoms with van der Waals surface area (Å²) < 4.78 is 41.4. The number of nitrogens with zero attached hydrogens (tertiary/aromatic N) is 1. The topological polar surface area (TPSA) is 172 Å². The summed E-state index contributed by atoms with van der Waals surface area (Å²) in [5.74, 6) is -6.37. The number of hydrogen-bond donors (Lipinski definition) is 3. The molecule has 0 aliphatic carbocycles. The van der Waals surface area contributed by atoms with Gasteiger partial charge in [-0.1, -0.05) is 29.4 Å². The quantitative estimate of drug-likeness (QED) is 0.385. The van der Waals surface area contributed by atoms with Crippen LogP contribution in [0.2, 0.25) is 0 Å². The molecule has 2 heterocycles. The van der Waals surface area contributed by atoms with E-state index in [-0.39, 0.29) is 17.9 Å². The molecule has 1 aliphatic heterocycles. The summed E-state index contributed by atoms with van der Waals surface area (Å²) in [5.41, 5.74) is 10.0. The molecule has 2 aromatic rings. The molecule has 1 amide bonds. The number of carbonyl (C=O) groups is 4. The van der Waals surface area contributed by atoms with Crippen LogP contribution in [0.5, 0.6) is 0 Å². The molecule has 3 unspecified atom stereocenters. The molecule has 188 valence electrons. The fraction of sp³-hybridized carbons (Fsp3) is 0.350. The highest BCUT2D eigenvalue weighted by molar-refractivity contribution is 5.86. The highest BCUT2D eigenvalue weighted by atomic mass is 19.4. The lowest BCUT2D eigenvalue weighted by molar-refractivity contribution is -0.285. The van der Waals surface area contributed by atoms with E-state index in [9.17, 15) is 32.3 Å². The van der Waals surface area contributed by atoms with Crippen LogP contribution >= 0.6 is 0 Å². The van der Waals surface area contributed by atoms with Crippen LogP contribution in [0.25, 0.3) is 0 Å². The predicted molar refractivity (Wildman–Crippen MR) is 105 cm³/mol. The normalized spacial score (nSPS) is 18.8. The number of amides is 1. The van der Waals surface area contributed by atoms with Crippen LogP contribution in [0.3, 0.4) is 0 Å². The van der Waals surface area contributed by atoms with Gasteiger partial charge in [-0.15, -0.1) is 5.48 Å². The molecule has 35 heavy (non-hydrogen) atoms. The number of nitrogens with one attached hydrogen (secondary N) is 2. The number of halogens is 3. The van der Waals surface area contributed by atoms with Crippen molar-refractivity contribution in [2.45, 2.75) is 37.5 Å². The Morgan fingerprint density at radius 1 is 1.29 bits per heavy atom. The Kier molecular flexibility index (Phi) is 7.71. The Labute approximate surface area is 194 Å². The van der Waals surface area contributed by atoms with Gasteiger partial charge in [-0.2, -0.15) is 13.2 Å². The van der Waals surface area contributed by atoms with Crippen LogP contribution in [0.4, 0.5) is 13.2 Å². The van der Waals surface area contributed by atoms with Gasteiger partial charge in [0.05, 0.1) is 11.6 Å². The molecule has 0 saturated carbocycles. The average molecular weight is 500 g/mol. The maximum Gasteiger partial charge on any atom is 0.495 e. The number of aromatic nitrogens is 1. The number of nitrogens with two attached hydrogens (primary N) is 1. The molecule has 0 saturated heterocycles. The maximum atomic E-state index is 12.3. The largest absolute Gasteiger partial charge is 0.495 e. The van der Waals surface area contributed by atoms with E-state index in [1.165, 1.54) is 13.0 Å². The van der Waals surface area contributed by atoms with E-state index < -0.39 is 54.5 Å². The third kappa shape index (κ3) is 6.33. The molecular formula is C20H19F3N4O8. The van der Waals surface area contributed by atoms with Crippen LogP contribution in [0.1, 0.15) is 41.5 Å². The summed E-state index contributed by atoms with van der Waals surface area (Å²) in [4.78, 5) is 58.3. The molecule has 0 spiro atoms. The third-order valence-corrected chi connectivity index (χ3v) is 4.90. The Bertz CT molecular complexity index is 1120. The van der Waals surface area contributed by atoms with Crippen molar-refractivity contribution >= 4 is 23.8 Å². The SMILES string of the molecule is CC(C(=O)NCC(=O)OOC(=O)C(F)(F)F)c1cc(C2NOC(=O)C(N)Cc3ccccc32)on1. The first-order chi connectivity index (χ1) is 16.5. The summed E-state index contributed by atoms with van der Waals surface area (Å²) in [6.07, 6.45) is -5.12. The van der Waals surface area contributed by atoms with Gasteiger partial charge in [0.1, 0.15) is 18.6 Å².